The first-order valence-corrected chi connectivity index (χ1v) is 7.17. The summed E-state index contributed by atoms with van der Waals surface area (Å²) in [5.74, 6) is 1.27. The van der Waals surface area contributed by atoms with Gasteiger partial charge in [-0.05, 0) is 44.4 Å². The van der Waals surface area contributed by atoms with E-state index in [0.29, 0.717) is 12.5 Å². The van der Waals surface area contributed by atoms with Crippen molar-refractivity contribution in [2.45, 2.75) is 33.6 Å². The lowest BCUT2D eigenvalue weighted by Gasteiger charge is -2.06. The van der Waals surface area contributed by atoms with E-state index in [1.807, 2.05) is 26.0 Å². The Bertz CT molecular complexity index is 594. The smallest absolute Gasteiger partial charge is 0.193 e. The van der Waals surface area contributed by atoms with Crippen LogP contribution < -0.4 is 11.1 Å². The quantitative estimate of drug-likeness (QED) is 0.654. The standard InChI is InChI=1S/C16H22N4O/c1-4-13-5-7-14(8-6-13)19-16(17)18-10-9-15-11(2)20-21-12(15)3/h5-8H,4,9-10H2,1-3H3,(H3,17,18,19). The van der Waals surface area contributed by atoms with Gasteiger partial charge in [0.2, 0.25) is 0 Å². The molecule has 0 fully saturated rings. The highest BCUT2D eigenvalue weighted by Crippen LogP contribution is 2.13. The molecule has 1 aromatic carbocycles. The molecule has 2 rings (SSSR count). The molecule has 0 atom stereocenters. The maximum absolute atomic E-state index is 5.89. The second-order valence-electron chi connectivity index (χ2n) is 5.00. The van der Waals surface area contributed by atoms with Crippen molar-refractivity contribution in [3.63, 3.8) is 0 Å². The van der Waals surface area contributed by atoms with Crippen LogP contribution in [0.4, 0.5) is 5.69 Å². The van der Waals surface area contributed by atoms with Gasteiger partial charge < -0.3 is 15.6 Å². The highest BCUT2D eigenvalue weighted by Gasteiger charge is 2.07. The summed E-state index contributed by atoms with van der Waals surface area (Å²) in [6, 6.07) is 8.18. The first kappa shape index (κ1) is 15.1. The number of aliphatic imine (C=N–C) groups is 1. The van der Waals surface area contributed by atoms with Gasteiger partial charge in [0.25, 0.3) is 0 Å². The largest absolute Gasteiger partial charge is 0.370 e. The third-order valence-electron chi connectivity index (χ3n) is 3.46. The summed E-state index contributed by atoms with van der Waals surface area (Å²) in [4.78, 5) is 4.33. The fourth-order valence-corrected chi connectivity index (χ4v) is 2.16. The lowest BCUT2D eigenvalue weighted by atomic mass is 10.1. The number of nitrogens with one attached hydrogen (secondary N) is 1. The van der Waals surface area contributed by atoms with E-state index in [1.54, 1.807) is 0 Å². The van der Waals surface area contributed by atoms with Crippen LogP contribution in [0.5, 0.6) is 0 Å². The molecule has 21 heavy (non-hydrogen) atoms. The second kappa shape index (κ2) is 6.92. The van der Waals surface area contributed by atoms with Gasteiger partial charge >= 0.3 is 0 Å². The zero-order chi connectivity index (χ0) is 15.2. The summed E-state index contributed by atoms with van der Waals surface area (Å²) >= 11 is 0. The fraction of sp³-hybridized carbons (Fsp3) is 0.375. The van der Waals surface area contributed by atoms with E-state index in [9.17, 15) is 0 Å². The molecule has 1 heterocycles. The number of guanidine groups is 1. The molecule has 0 aliphatic rings. The highest BCUT2D eigenvalue weighted by molar-refractivity contribution is 5.92. The summed E-state index contributed by atoms with van der Waals surface area (Å²) in [6.45, 7) is 6.59. The molecular formula is C16H22N4O. The number of hydrogen-bond acceptors (Lipinski definition) is 3. The maximum Gasteiger partial charge on any atom is 0.193 e. The predicted octanol–water partition coefficient (Wildman–Crippen LogP) is 2.82. The van der Waals surface area contributed by atoms with Gasteiger partial charge in [-0.2, -0.15) is 0 Å². The molecule has 0 radical (unpaired) electrons. The van der Waals surface area contributed by atoms with Crippen molar-refractivity contribution in [1.29, 1.82) is 0 Å². The van der Waals surface area contributed by atoms with E-state index in [4.69, 9.17) is 10.3 Å². The van der Waals surface area contributed by atoms with Gasteiger partial charge in [-0.1, -0.05) is 24.2 Å². The Labute approximate surface area is 125 Å². The molecule has 0 saturated heterocycles. The monoisotopic (exact) mass is 286 g/mol. The number of aromatic nitrogens is 1. The van der Waals surface area contributed by atoms with Gasteiger partial charge in [0.1, 0.15) is 5.76 Å². The minimum Gasteiger partial charge on any atom is -0.370 e. The van der Waals surface area contributed by atoms with Crippen LogP contribution in [0, 0.1) is 13.8 Å². The molecule has 0 aliphatic carbocycles. The fourth-order valence-electron chi connectivity index (χ4n) is 2.16. The number of nitrogens with zero attached hydrogens (tertiary/aromatic N) is 2. The van der Waals surface area contributed by atoms with Gasteiger partial charge in [0.05, 0.1) is 5.69 Å². The predicted molar refractivity (Wildman–Crippen MR) is 85.6 cm³/mol. The topological polar surface area (TPSA) is 76.4 Å². The van der Waals surface area contributed by atoms with E-state index in [2.05, 4.69) is 34.5 Å². The minimum atomic E-state index is 0.422. The molecule has 5 heteroatoms. The second-order valence-corrected chi connectivity index (χ2v) is 5.00. The average Bonchev–Trinajstić information content (AvgIpc) is 2.80. The van der Waals surface area contributed by atoms with Gasteiger partial charge in [-0.3, -0.25) is 4.99 Å². The molecule has 0 bridgehead atoms. The Balaban J connectivity index is 1.89. The van der Waals surface area contributed by atoms with Gasteiger partial charge in [0, 0.05) is 17.8 Å². The number of aryl methyl sites for hydroxylation is 3. The van der Waals surface area contributed by atoms with Crippen LogP contribution >= 0.6 is 0 Å². The van der Waals surface area contributed by atoms with Crippen LogP contribution in [0.25, 0.3) is 0 Å². The van der Waals surface area contributed by atoms with Crippen molar-refractivity contribution >= 4 is 11.6 Å². The third-order valence-corrected chi connectivity index (χ3v) is 3.46. The SMILES string of the molecule is CCc1ccc(NC(N)=NCCc2c(C)noc2C)cc1. The van der Waals surface area contributed by atoms with Crippen molar-refractivity contribution in [3.05, 3.63) is 46.8 Å². The Morgan fingerprint density at radius 1 is 1.29 bits per heavy atom. The molecular weight excluding hydrogens is 264 g/mol. The Morgan fingerprint density at radius 3 is 2.57 bits per heavy atom. The van der Waals surface area contributed by atoms with Gasteiger partial charge in [-0.15, -0.1) is 0 Å². The Hall–Kier alpha value is -2.30. The molecule has 0 unspecified atom stereocenters. The van der Waals surface area contributed by atoms with Crippen molar-refractivity contribution in [3.8, 4) is 0 Å². The van der Waals surface area contributed by atoms with Gasteiger partial charge in [0.15, 0.2) is 5.96 Å². The van der Waals surface area contributed by atoms with Gasteiger partial charge in [-0.25, -0.2) is 0 Å². The Kier molecular flexibility index (Phi) is 4.98. The number of nitrogens with two attached hydrogens (primary N) is 1. The van der Waals surface area contributed by atoms with Crippen molar-refractivity contribution < 1.29 is 4.52 Å². The van der Waals surface area contributed by atoms with Crippen LogP contribution in [0.15, 0.2) is 33.8 Å². The average molecular weight is 286 g/mol. The molecule has 2 aromatic rings. The summed E-state index contributed by atoms with van der Waals surface area (Å²) in [7, 11) is 0. The molecule has 5 nitrogen and oxygen atoms in total. The molecule has 1 aromatic heterocycles. The van der Waals surface area contributed by atoms with Crippen molar-refractivity contribution in [2.75, 3.05) is 11.9 Å². The zero-order valence-corrected chi connectivity index (χ0v) is 12.8. The molecule has 0 amide bonds. The van der Waals surface area contributed by atoms with Crippen LogP contribution in [0.3, 0.4) is 0 Å². The van der Waals surface area contributed by atoms with Crippen molar-refractivity contribution in [2.24, 2.45) is 10.7 Å². The highest BCUT2D eigenvalue weighted by atomic mass is 16.5. The van der Waals surface area contributed by atoms with E-state index in [-0.39, 0.29) is 0 Å². The van der Waals surface area contributed by atoms with Crippen LogP contribution in [0.1, 0.15) is 29.5 Å². The minimum absolute atomic E-state index is 0.422. The first-order valence-electron chi connectivity index (χ1n) is 7.17. The van der Waals surface area contributed by atoms with E-state index in [1.165, 1.54) is 5.56 Å². The Morgan fingerprint density at radius 2 is 2.00 bits per heavy atom. The molecule has 0 saturated carbocycles. The molecule has 3 N–H and O–H groups in total. The number of hydrogen-bond donors (Lipinski definition) is 2. The normalized spacial score (nSPS) is 11.7. The summed E-state index contributed by atoms with van der Waals surface area (Å²) in [5.41, 5.74) is 10.2. The number of anilines is 1. The maximum atomic E-state index is 5.89. The summed E-state index contributed by atoms with van der Waals surface area (Å²) in [6.07, 6.45) is 1.81. The molecule has 0 aliphatic heterocycles. The molecule has 112 valence electrons. The summed E-state index contributed by atoms with van der Waals surface area (Å²) in [5, 5.41) is 7.02. The first-order chi connectivity index (χ1) is 10.1. The summed E-state index contributed by atoms with van der Waals surface area (Å²) < 4.78 is 5.12. The van der Waals surface area contributed by atoms with Crippen molar-refractivity contribution in [1.82, 2.24) is 5.16 Å². The van der Waals surface area contributed by atoms with E-state index in [0.717, 1.165) is 35.5 Å². The third kappa shape index (κ3) is 4.08. The van der Waals surface area contributed by atoms with E-state index < -0.39 is 0 Å². The van der Waals surface area contributed by atoms with Crippen LogP contribution in [-0.4, -0.2) is 17.7 Å². The molecule has 0 spiro atoms. The zero-order valence-electron chi connectivity index (χ0n) is 12.8. The lowest BCUT2D eigenvalue weighted by molar-refractivity contribution is 0.392. The van der Waals surface area contributed by atoms with E-state index >= 15 is 0 Å². The van der Waals surface area contributed by atoms with Crippen LogP contribution in [-0.2, 0) is 12.8 Å². The number of rotatable bonds is 5. The number of benzene rings is 1. The van der Waals surface area contributed by atoms with Crippen LogP contribution in [0.2, 0.25) is 0 Å². The lowest BCUT2D eigenvalue weighted by Crippen LogP contribution is -2.23.